The van der Waals surface area contributed by atoms with E-state index in [2.05, 4.69) is 20.8 Å². The SMILES string of the molecule is CCCCCCCCCCCCCCCC[C@H](CC)N(N)C(=O)C(O)CCCCCCCCCC. The Hall–Kier alpha value is -0.610. The highest BCUT2D eigenvalue weighted by atomic mass is 16.3. The highest BCUT2D eigenvalue weighted by Gasteiger charge is 2.24. The van der Waals surface area contributed by atoms with Crippen LogP contribution in [0.4, 0.5) is 0 Å². The van der Waals surface area contributed by atoms with Gasteiger partial charge in [-0.2, -0.15) is 0 Å². The van der Waals surface area contributed by atoms with Gasteiger partial charge in [-0.3, -0.25) is 9.80 Å². The molecule has 0 saturated heterocycles. The molecule has 3 N–H and O–H groups in total. The molecule has 0 aliphatic heterocycles. The summed E-state index contributed by atoms with van der Waals surface area (Å²) in [5.74, 6) is 5.86. The number of nitrogens with two attached hydrogens (primary N) is 1. The fourth-order valence-corrected chi connectivity index (χ4v) is 5.06. The van der Waals surface area contributed by atoms with E-state index in [1.54, 1.807) is 0 Å². The van der Waals surface area contributed by atoms with Crippen LogP contribution in [-0.4, -0.2) is 28.2 Å². The van der Waals surface area contributed by atoms with E-state index in [-0.39, 0.29) is 11.9 Å². The number of hydrogen-bond donors (Lipinski definition) is 2. The summed E-state index contributed by atoms with van der Waals surface area (Å²) in [6.07, 6.45) is 30.1. The van der Waals surface area contributed by atoms with Gasteiger partial charge < -0.3 is 5.11 Å². The Balaban J connectivity index is 3.72. The molecule has 0 aliphatic carbocycles. The lowest BCUT2D eigenvalue weighted by molar-refractivity contribution is -0.143. The lowest BCUT2D eigenvalue weighted by Crippen LogP contribution is -2.49. The van der Waals surface area contributed by atoms with Gasteiger partial charge in [-0.1, -0.05) is 162 Å². The Morgan fingerprint density at radius 3 is 1.23 bits per heavy atom. The largest absolute Gasteiger partial charge is 0.383 e. The molecule has 0 heterocycles. The first-order valence-corrected chi connectivity index (χ1v) is 15.8. The van der Waals surface area contributed by atoms with Gasteiger partial charge >= 0.3 is 0 Å². The fourth-order valence-electron chi connectivity index (χ4n) is 5.06. The quantitative estimate of drug-likeness (QED) is 0.0515. The van der Waals surface area contributed by atoms with Crippen molar-refractivity contribution in [2.45, 2.75) is 193 Å². The Morgan fingerprint density at radius 2 is 0.886 bits per heavy atom. The molecule has 0 fully saturated rings. The van der Waals surface area contributed by atoms with Gasteiger partial charge in [0.2, 0.25) is 0 Å². The second-order valence-electron chi connectivity index (χ2n) is 11.0. The number of aliphatic hydroxyl groups is 1. The van der Waals surface area contributed by atoms with Crippen molar-refractivity contribution in [2.75, 3.05) is 0 Å². The van der Waals surface area contributed by atoms with Crippen molar-refractivity contribution in [2.24, 2.45) is 5.84 Å². The maximum atomic E-state index is 12.6. The van der Waals surface area contributed by atoms with Gasteiger partial charge in [-0.05, 0) is 19.3 Å². The molecule has 0 radical (unpaired) electrons. The van der Waals surface area contributed by atoms with Crippen LogP contribution >= 0.6 is 0 Å². The van der Waals surface area contributed by atoms with Crippen molar-refractivity contribution in [3.05, 3.63) is 0 Å². The Labute approximate surface area is 220 Å². The molecule has 1 unspecified atom stereocenters. The number of hydrazine groups is 1. The second-order valence-corrected chi connectivity index (χ2v) is 11.0. The van der Waals surface area contributed by atoms with Crippen molar-refractivity contribution in [1.82, 2.24) is 5.01 Å². The van der Waals surface area contributed by atoms with Crippen molar-refractivity contribution >= 4 is 5.91 Å². The molecule has 0 saturated carbocycles. The number of rotatable bonds is 27. The summed E-state index contributed by atoms with van der Waals surface area (Å²) in [4.78, 5) is 12.6. The molecule has 1 amide bonds. The van der Waals surface area contributed by atoms with Crippen molar-refractivity contribution in [1.29, 1.82) is 0 Å². The molecule has 0 aromatic rings. The van der Waals surface area contributed by atoms with E-state index in [9.17, 15) is 9.90 Å². The molecular formula is C31H64N2O2. The summed E-state index contributed by atoms with van der Waals surface area (Å²) in [6, 6.07) is 0.0491. The molecule has 2 atom stereocenters. The van der Waals surface area contributed by atoms with Crippen LogP contribution in [0.2, 0.25) is 0 Å². The predicted octanol–water partition coefficient (Wildman–Crippen LogP) is 9.23. The zero-order valence-corrected chi connectivity index (χ0v) is 24.2. The number of carbonyl (C=O) groups is 1. The number of nitrogens with zero attached hydrogens (tertiary/aromatic N) is 1. The van der Waals surface area contributed by atoms with Crippen LogP contribution < -0.4 is 5.84 Å². The maximum absolute atomic E-state index is 12.6. The van der Waals surface area contributed by atoms with Gasteiger partial charge in [0.25, 0.3) is 5.91 Å². The molecule has 0 aromatic heterocycles. The number of hydrogen-bond acceptors (Lipinski definition) is 3. The minimum Gasteiger partial charge on any atom is -0.383 e. The fraction of sp³-hybridized carbons (Fsp3) is 0.968. The zero-order chi connectivity index (χ0) is 26.0. The Morgan fingerprint density at radius 1 is 0.571 bits per heavy atom. The molecule has 210 valence electrons. The number of amides is 1. The van der Waals surface area contributed by atoms with Crippen LogP contribution in [0.5, 0.6) is 0 Å². The topological polar surface area (TPSA) is 66.6 Å². The summed E-state index contributed by atoms with van der Waals surface area (Å²) in [7, 11) is 0. The first kappa shape index (κ1) is 34.4. The van der Waals surface area contributed by atoms with Crippen molar-refractivity contribution in [3.63, 3.8) is 0 Å². The summed E-state index contributed by atoms with van der Waals surface area (Å²) < 4.78 is 0. The summed E-state index contributed by atoms with van der Waals surface area (Å²) in [6.45, 7) is 6.61. The van der Waals surface area contributed by atoms with Gasteiger partial charge in [-0.25, -0.2) is 5.84 Å². The van der Waals surface area contributed by atoms with E-state index in [1.165, 1.54) is 127 Å². The zero-order valence-electron chi connectivity index (χ0n) is 24.2. The highest BCUT2D eigenvalue weighted by Crippen LogP contribution is 2.17. The van der Waals surface area contributed by atoms with E-state index in [1.807, 2.05) is 0 Å². The third-order valence-electron chi connectivity index (χ3n) is 7.63. The molecule has 4 nitrogen and oxygen atoms in total. The first-order valence-electron chi connectivity index (χ1n) is 15.8. The van der Waals surface area contributed by atoms with Gasteiger partial charge in [-0.15, -0.1) is 0 Å². The van der Waals surface area contributed by atoms with E-state index in [4.69, 9.17) is 5.84 Å². The molecule has 0 rings (SSSR count). The summed E-state index contributed by atoms with van der Waals surface area (Å²) >= 11 is 0. The molecule has 35 heavy (non-hydrogen) atoms. The van der Waals surface area contributed by atoms with Crippen LogP contribution in [0.25, 0.3) is 0 Å². The normalized spacial score (nSPS) is 13.2. The van der Waals surface area contributed by atoms with Gasteiger partial charge in [0.05, 0.1) is 0 Å². The second kappa shape index (κ2) is 26.5. The molecule has 4 heteroatoms. The maximum Gasteiger partial charge on any atom is 0.265 e. The number of unbranched alkanes of at least 4 members (excludes halogenated alkanes) is 20. The molecule has 0 aliphatic rings. The average molecular weight is 497 g/mol. The third-order valence-corrected chi connectivity index (χ3v) is 7.63. The standard InChI is InChI=1S/C31H64N2O2/c1-4-7-9-11-13-15-16-17-18-19-20-21-23-25-27-29(6-3)33(32)31(35)30(34)28-26-24-22-14-12-10-8-5-2/h29-30,34H,4-28,32H2,1-3H3/t29-,30?/m0/s1. The minimum absolute atomic E-state index is 0.0491. The van der Waals surface area contributed by atoms with Gasteiger partial charge in [0.15, 0.2) is 0 Å². The lowest BCUT2D eigenvalue weighted by Gasteiger charge is -2.28. The molecular weight excluding hydrogens is 432 g/mol. The third kappa shape index (κ3) is 21.2. The number of carbonyl (C=O) groups excluding carboxylic acids is 1. The van der Waals surface area contributed by atoms with E-state index >= 15 is 0 Å². The van der Waals surface area contributed by atoms with Crippen LogP contribution in [0.3, 0.4) is 0 Å². The van der Waals surface area contributed by atoms with E-state index in [0.29, 0.717) is 6.42 Å². The van der Waals surface area contributed by atoms with Crippen LogP contribution in [0.15, 0.2) is 0 Å². The molecule has 0 bridgehead atoms. The van der Waals surface area contributed by atoms with Crippen LogP contribution in [0, 0.1) is 0 Å². The molecule has 0 aromatic carbocycles. The smallest absolute Gasteiger partial charge is 0.265 e. The van der Waals surface area contributed by atoms with Gasteiger partial charge in [0, 0.05) is 6.04 Å². The predicted molar refractivity (Wildman–Crippen MR) is 153 cm³/mol. The van der Waals surface area contributed by atoms with Crippen LogP contribution in [-0.2, 0) is 4.79 Å². The average Bonchev–Trinajstić information content (AvgIpc) is 2.87. The van der Waals surface area contributed by atoms with Crippen molar-refractivity contribution < 1.29 is 9.90 Å². The monoisotopic (exact) mass is 496 g/mol. The highest BCUT2D eigenvalue weighted by molar-refractivity contribution is 5.80. The Bertz CT molecular complexity index is 444. The van der Waals surface area contributed by atoms with E-state index in [0.717, 1.165) is 32.1 Å². The van der Waals surface area contributed by atoms with E-state index < -0.39 is 6.10 Å². The Kier molecular flexibility index (Phi) is 26.0. The lowest BCUT2D eigenvalue weighted by atomic mass is 10.0. The summed E-state index contributed by atoms with van der Waals surface area (Å²) in [5, 5.41) is 11.7. The molecule has 0 spiro atoms. The van der Waals surface area contributed by atoms with Gasteiger partial charge in [0.1, 0.15) is 6.10 Å². The summed E-state index contributed by atoms with van der Waals surface area (Å²) in [5.41, 5.74) is 0. The first-order chi connectivity index (χ1) is 17.1. The van der Waals surface area contributed by atoms with Crippen LogP contribution in [0.1, 0.15) is 181 Å². The minimum atomic E-state index is -0.939. The number of aliphatic hydroxyl groups excluding tert-OH is 1. The van der Waals surface area contributed by atoms with Crippen molar-refractivity contribution in [3.8, 4) is 0 Å².